The molecule has 9 nitrogen and oxygen atoms in total. The van der Waals surface area contributed by atoms with Gasteiger partial charge in [-0.25, -0.2) is 9.97 Å². The molecular weight excluding hydrogens is 350 g/mol. The van der Waals surface area contributed by atoms with Gasteiger partial charge in [-0.15, -0.1) is 0 Å². The van der Waals surface area contributed by atoms with Crippen LogP contribution in [0.1, 0.15) is 40.5 Å². The molecule has 3 heterocycles. The number of fused-ring (bicyclic) bond motifs is 1. The maximum absolute atomic E-state index is 12.8. The molecule has 3 aromatic heterocycles. The van der Waals surface area contributed by atoms with Crippen molar-refractivity contribution in [3.05, 3.63) is 52.0 Å². The largest absolute Gasteiger partial charge is 0.442 e. The highest BCUT2D eigenvalue weighted by molar-refractivity contribution is 6.12. The first-order valence-corrected chi connectivity index (χ1v) is 8.33. The van der Waals surface area contributed by atoms with Crippen LogP contribution in [0.25, 0.3) is 11.1 Å². The van der Waals surface area contributed by atoms with Crippen LogP contribution in [0.4, 0.5) is 5.69 Å². The number of nitrogens with one attached hydrogen (secondary N) is 1. The van der Waals surface area contributed by atoms with E-state index in [1.807, 2.05) is 13.8 Å². The number of hydrogen-bond donors (Lipinski definition) is 2. The number of amides is 2. The third-order valence-corrected chi connectivity index (χ3v) is 3.92. The predicted octanol–water partition coefficient (Wildman–Crippen LogP) is 1.70. The van der Waals surface area contributed by atoms with Crippen LogP contribution in [0.15, 0.2) is 33.9 Å². The molecule has 0 saturated carbocycles. The van der Waals surface area contributed by atoms with E-state index in [-0.39, 0.29) is 39.6 Å². The molecule has 0 saturated heterocycles. The summed E-state index contributed by atoms with van der Waals surface area (Å²) in [6.07, 6.45) is 2.73. The van der Waals surface area contributed by atoms with Gasteiger partial charge in [-0.2, -0.15) is 0 Å². The average Bonchev–Trinajstić information content (AvgIpc) is 2.94. The first-order valence-electron chi connectivity index (χ1n) is 8.33. The summed E-state index contributed by atoms with van der Waals surface area (Å²) in [5, 5.41) is 2.78. The Hall–Kier alpha value is -3.49. The number of aryl methyl sites for hydroxylation is 1. The predicted molar refractivity (Wildman–Crippen MR) is 98.6 cm³/mol. The zero-order valence-corrected chi connectivity index (χ0v) is 15.1. The van der Waals surface area contributed by atoms with Crippen LogP contribution in [0.2, 0.25) is 0 Å². The molecule has 0 fully saturated rings. The van der Waals surface area contributed by atoms with Crippen LogP contribution in [-0.2, 0) is 6.54 Å². The molecule has 27 heavy (non-hydrogen) atoms. The minimum atomic E-state index is -0.665. The van der Waals surface area contributed by atoms with Crippen LogP contribution in [0, 0.1) is 12.8 Å². The lowest BCUT2D eigenvalue weighted by atomic mass is 10.1. The highest BCUT2D eigenvalue weighted by Gasteiger charge is 2.23. The van der Waals surface area contributed by atoms with Gasteiger partial charge in [0.25, 0.3) is 17.4 Å². The second-order valence-electron chi connectivity index (χ2n) is 6.56. The Balaban J connectivity index is 1.99. The SMILES string of the molecule is Cc1oc2ncn(CC(C)C)c(=O)c2c1C(=O)Nc1ccc(C(N)=O)nc1. The van der Waals surface area contributed by atoms with E-state index in [9.17, 15) is 14.4 Å². The minimum Gasteiger partial charge on any atom is -0.442 e. The Morgan fingerprint density at radius 2 is 2.04 bits per heavy atom. The Labute approximate surface area is 154 Å². The number of aromatic nitrogens is 3. The van der Waals surface area contributed by atoms with Gasteiger partial charge in [-0.3, -0.25) is 19.0 Å². The second-order valence-corrected chi connectivity index (χ2v) is 6.56. The average molecular weight is 369 g/mol. The summed E-state index contributed by atoms with van der Waals surface area (Å²) >= 11 is 0. The van der Waals surface area contributed by atoms with E-state index in [1.54, 1.807) is 6.92 Å². The van der Waals surface area contributed by atoms with Gasteiger partial charge in [0.15, 0.2) is 0 Å². The van der Waals surface area contributed by atoms with Gasteiger partial charge in [0.05, 0.1) is 17.4 Å². The maximum Gasteiger partial charge on any atom is 0.267 e. The summed E-state index contributed by atoms with van der Waals surface area (Å²) in [5.41, 5.74) is 5.48. The summed E-state index contributed by atoms with van der Waals surface area (Å²) in [4.78, 5) is 44.6. The molecule has 0 aliphatic carbocycles. The lowest BCUT2D eigenvalue weighted by Gasteiger charge is -2.08. The minimum absolute atomic E-state index is 0.0821. The van der Waals surface area contributed by atoms with Crippen molar-refractivity contribution in [2.24, 2.45) is 11.7 Å². The summed E-state index contributed by atoms with van der Waals surface area (Å²) in [7, 11) is 0. The van der Waals surface area contributed by atoms with Gasteiger partial charge in [0.2, 0.25) is 5.71 Å². The van der Waals surface area contributed by atoms with Crippen LogP contribution in [-0.4, -0.2) is 26.3 Å². The Morgan fingerprint density at radius 3 is 2.63 bits per heavy atom. The normalized spacial score (nSPS) is 11.1. The highest BCUT2D eigenvalue weighted by Crippen LogP contribution is 2.22. The van der Waals surface area contributed by atoms with E-state index in [1.165, 1.54) is 29.2 Å². The lowest BCUT2D eigenvalue weighted by molar-refractivity contribution is 0.0994. The van der Waals surface area contributed by atoms with Gasteiger partial charge in [0.1, 0.15) is 23.2 Å². The molecule has 3 rings (SSSR count). The van der Waals surface area contributed by atoms with E-state index in [0.29, 0.717) is 12.2 Å². The van der Waals surface area contributed by atoms with E-state index in [4.69, 9.17) is 10.2 Å². The summed E-state index contributed by atoms with van der Waals surface area (Å²) in [6.45, 7) is 6.03. The number of carbonyl (C=O) groups is 2. The van der Waals surface area contributed by atoms with Gasteiger partial charge in [0, 0.05) is 6.54 Å². The Bertz CT molecular complexity index is 1080. The van der Waals surface area contributed by atoms with Crippen molar-refractivity contribution >= 4 is 28.6 Å². The molecule has 0 bridgehead atoms. The molecule has 140 valence electrons. The second kappa shape index (κ2) is 7.02. The molecule has 3 aromatic rings. The Kier molecular flexibility index (Phi) is 4.76. The molecule has 0 aromatic carbocycles. The first kappa shape index (κ1) is 18.3. The van der Waals surface area contributed by atoms with Crippen molar-refractivity contribution < 1.29 is 14.0 Å². The van der Waals surface area contributed by atoms with Crippen molar-refractivity contribution in [1.82, 2.24) is 14.5 Å². The van der Waals surface area contributed by atoms with Crippen molar-refractivity contribution in [3.8, 4) is 0 Å². The molecule has 0 atom stereocenters. The molecule has 0 unspecified atom stereocenters. The van der Waals surface area contributed by atoms with Gasteiger partial charge in [-0.05, 0) is 25.0 Å². The first-order chi connectivity index (χ1) is 12.8. The number of carbonyl (C=O) groups excluding carboxylic acids is 2. The van der Waals surface area contributed by atoms with Crippen molar-refractivity contribution in [3.63, 3.8) is 0 Å². The van der Waals surface area contributed by atoms with Crippen LogP contribution in [0.3, 0.4) is 0 Å². The third-order valence-electron chi connectivity index (χ3n) is 3.92. The van der Waals surface area contributed by atoms with Gasteiger partial charge < -0.3 is 15.5 Å². The van der Waals surface area contributed by atoms with Crippen LogP contribution < -0.4 is 16.6 Å². The zero-order valence-electron chi connectivity index (χ0n) is 15.1. The van der Waals surface area contributed by atoms with Crippen molar-refractivity contribution in [2.75, 3.05) is 5.32 Å². The number of anilines is 1. The van der Waals surface area contributed by atoms with E-state index < -0.39 is 11.8 Å². The van der Waals surface area contributed by atoms with Crippen LogP contribution in [0.5, 0.6) is 0 Å². The molecular formula is C18H19N5O4. The number of nitrogens with two attached hydrogens (primary N) is 1. The number of primary amides is 1. The quantitative estimate of drug-likeness (QED) is 0.703. The number of pyridine rings is 1. The molecule has 0 aliphatic rings. The number of hydrogen-bond acceptors (Lipinski definition) is 6. The standard InChI is InChI=1S/C18H19N5O4/c1-9(2)7-23-8-21-17-14(18(23)26)13(10(3)27-17)16(25)22-11-4-5-12(15(19)24)20-6-11/h4-6,8-9H,7H2,1-3H3,(H2,19,24)(H,22,25). The third kappa shape index (κ3) is 3.57. The zero-order chi connectivity index (χ0) is 19.7. The smallest absolute Gasteiger partial charge is 0.267 e. The number of furan rings is 1. The number of rotatable bonds is 5. The topological polar surface area (TPSA) is 133 Å². The monoisotopic (exact) mass is 369 g/mol. The van der Waals surface area contributed by atoms with Gasteiger partial charge in [-0.1, -0.05) is 13.8 Å². The summed E-state index contributed by atoms with van der Waals surface area (Å²) < 4.78 is 6.95. The molecule has 3 N–H and O–H groups in total. The molecule has 0 aliphatic heterocycles. The molecule has 0 spiro atoms. The van der Waals surface area contributed by atoms with Crippen LogP contribution >= 0.6 is 0 Å². The van der Waals surface area contributed by atoms with E-state index in [2.05, 4.69) is 15.3 Å². The Morgan fingerprint density at radius 1 is 1.30 bits per heavy atom. The fraction of sp³-hybridized carbons (Fsp3) is 0.278. The molecule has 0 radical (unpaired) electrons. The van der Waals surface area contributed by atoms with E-state index in [0.717, 1.165) is 0 Å². The van der Waals surface area contributed by atoms with E-state index >= 15 is 0 Å². The maximum atomic E-state index is 12.8. The molecule has 2 amide bonds. The fourth-order valence-electron chi connectivity index (χ4n) is 2.74. The summed E-state index contributed by atoms with van der Waals surface area (Å²) in [5.74, 6) is -0.666. The van der Waals surface area contributed by atoms with Crippen molar-refractivity contribution in [2.45, 2.75) is 27.3 Å². The lowest BCUT2D eigenvalue weighted by Crippen LogP contribution is -2.24. The summed E-state index contributed by atoms with van der Waals surface area (Å²) in [6, 6.07) is 2.90. The van der Waals surface area contributed by atoms with Gasteiger partial charge >= 0.3 is 0 Å². The molecule has 9 heteroatoms. The highest BCUT2D eigenvalue weighted by atomic mass is 16.3. The fourth-order valence-corrected chi connectivity index (χ4v) is 2.74. The number of nitrogens with zero attached hydrogens (tertiary/aromatic N) is 3. The van der Waals surface area contributed by atoms with Crippen molar-refractivity contribution in [1.29, 1.82) is 0 Å².